The van der Waals surface area contributed by atoms with Gasteiger partial charge in [-0.1, -0.05) is 12.1 Å². The molecule has 1 aromatic carbocycles. The number of aromatic nitrogens is 2. The maximum Gasteiger partial charge on any atom is 0.291 e. The van der Waals surface area contributed by atoms with Crippen molar-refractivity contribution in [3.05, 3.63) is 65.4 Å². The number of phenols is 1. The number of anilines is 1. The Morgan fingerprint density at radius 1 is 1.15 bits per heavy atom. The molecule has 0 radical (unpaired) electrons. The van der Waals surface area contributed by atoms with Crippen molar-refractivity contribution in [2.24, 2.45) is 0 Å². The van der Waals surface area contributed by atoms with Crippen LogP contribution in [-0.4, -0.2) is 20.8 Å². The highest BCUT2D eigenvalue weighted by molar-refractivity contribution is 6.03. The third kappa shape index (κ3) is 4.10. The number of furan rings is 1. The van der Waals surface area contributed by atoms with Gasteiger partial charge in [0.25, 0.3) is 18.8 Å². The molecule has 10 heteroatoms. The van der Waals surface area contributed by atoms with Crippen molar-refractivity contribution >= 4 is 11.6 Å². The number of carbonyl (C=O) groups excluding carboxylic acids is 1. The highest BCUT2D eigenvalue weighted by Gasteiger charge is 2.22. The van der Waals surface area contributed by atoms with Gasteiger partial charge in [-0.15, -0.1) is 0 Å². The second-order valence-corrected chi connectivity index (χ2v) is 5.49. The van der Waals surface area contributed by atoms with E-state index in [0.717, 1.165) is 0 Å². The van der Waals surface area contributed by atoms with E-state index in [9.17, 15) is 27.5 Å². The number of hydrogen-bond acceptors (Lipinski definition) is 4. The van der Waals surface area contributed by atoms with Crippen LogP contribution in [0.4, 0.5) is 23.2 Å². The first kappa shape index (κ1) is 18.5. The predicted molar refractivity (Wildman–Crippen MR) is 86.0 cm³/mol. The van der Waals surface area contributed by atoms with E-state index in [4.69, 9.17) is 4.42 Å². The van der Waals surface area contributed by atoms with Gasteiger partial charge in [0.05, 0.1) is 12.2 Å². The van der Waals surface area contributed by atoms with Crippen LogP contribution in [0, 0.1) is 0 Å². The number of phenolic OH excluding ortho intramolecular Hbond substituents is 1. The standard InChI is InChI=1S/C17H13F4N3O3/c18-15(19)11-7-12(16(20)21)24(23-11)8-9-5-6-14(27-9)17(26)22-10-3-1-2-4-13(10)25/h1-7,15-16,25H,8H2,(H,22,26). The molecule has 2 heterocycles. The molecule has 0 unspecified atom stereocenters. The number of amides is 1. The van der Waals surface area contributed by atoms with Gasteiger partial charge in [-0.05, 0) is 30.3 Å². The zero-order chi connectivity index (χ0) is 19.6. The Kier molecular flexibility index (Phi) is 5.15. The Hall–Kier alpha value is -3.30. The molecule has 0 saturated carbocycles. The van der Waals surface area contributed by atoms with Crippen LogP contribution in [0.1, 0.15) is 40.6 Å². The summed E-state index contributed by atoms with van der Waals surface area (Å²) in [6, 6.07) is 9.31. The summed E-state index contributed by atoms with van der Waals surface area (Å²) in [6.07, 6.45) is -5.98. The molecule has 0 saturated heterocycles. The average molecular weight is 383 g/mol. The predicted octanol–water partition coefficient (Wildman–Crippen LogP) is 4.36. The number of carbonyl (C=O) groups is 1. The van der Waals surface area contributed by atoms with Gasteiger partial charge < -0.3 is 14.8 Å². The molecule has 2 aromatic heterocycles. The van der Waals surface area contributed by atoms with Crippen molar-refractivity contribution < 1.29 is 31.9 Å². The fourth-order valence-corrected chi connectivity index (χ4v) is 2.36. The van der Waals surface area contributed by atoms with E-state index in [0.29, 0.717) is 10.7 Å². The second kappa shape index (κ2) is 7.52. The molecule has 27 heavy (non-hydrogen) atoms. The van der Waals surface area contributed by atoms with E-state index in [1.165, 1.54) is 24.3 Å². The third-order valence-corrected chi connectivity index (χ3v) is 3.62. The van der Waals surface area contributed by atoms with Gasteiger partial charge in [-0.25, -0.2) is 17.6 Å². The van der Waals surface area contributed by atoms with Gasteiger partial charge in [0.15, 0.2) is 5.76 Å². The number of hydrogen-bond donors (Lipinski definition) is 2. The number of nitrogens with zero attached hydrogens (tertiary/aromatic N) is 2. The summed E-state index contributed by atoms with van der Waals surface area (Å²) < 4.78 is 57.4. The van der Waals surface area contributed by atoms with E-state index in [1.807, 2.05) is 0 Å². The lowest BCUT2D eigenvalue weighted by Crippen LogP contribution is -2.11. The molecular weight excluding hydrogens is 370 g/mol. The minimum absolute atomic E-state index is 0.0725. The molecule has 0 aliphatic rings. The summed E-state index contributed by atoms with van der Waals surface area (Å²) in [5.41, 5.74) is -1.29. The number of para-hydroxylation sites is 2. The van der Waals surface area contributed by atoms with Crippen LogP contribution in [0.15, 0.2) is 46.9 Å². The lowest BCUT2D eigenvalue weighted by Gasteiger charge is -2.06. The number of halogens is 4. The monoisotopic (exact) mass is 383 g/mol. The number of alkyl halides is 4. The molecule has 3 rings (SSSR count). The molecule has 0 fully saturated rings. The molecule has 1 amide bonds. The van der Waals surface area contributed by atoms with Gasteiger partial charge >= 0.3 is 0 Å². The summed E-state index contributed by atoms with van der Waals surface area (Å²) >= 11 is 0. The molecule has 3 aromatic rings. The summed E-state index contributed by atoms with van der Waals surface area (Å²) in [4.78, 5) is 12.1. The van der Waals surface area contributed by atoms with E-state index >= 15 is 0 Å². The van der Waals surface area contributed by atoms with Crippen molar-refractivity contribution in [2.75, 3.05) is 5.32 Å². The first-order valence-electron chi connectivity index (χ1n) is 7.67. The van der Waals surface area contributed by atoms with Crippen LogP contribution in [0.2, 0.25) is 0 Å². The smallest absolute Gasteiger partial charge is 0.291 e. The molecule has 0 aliphatic carbocycles. The number of benzene rings is 1. The average Bonchev–Trinajstić information content (AvgIpc) is 3.24. The number of aromatic hydroxyl groups is 1. The molecule has 0 atom stereocenters. The van der Waals surface area contributed by atoms with Crippen LogP contribution in [-0.2, 0) is 6.54 Å². The Bertz CT molecular complexity index is 953. The molecule has 0 spiro atoms. The fourth-order valence-electron chi connectivity index (χ4n) is 2.36. The summed E-state index contributed by atoms with van der Waals surface area (Å²) in [5.74, 6) is -0.891. The third-order valence-electron chi connectivity index (χ3n) is 3.62. The first-order chi connectivity index (χ1) is 12.8. The van der Waals surface area contributed by atoms with Crippen molar-refractivity contribution in [2.45, 2.75) is 19.4 Å². The van der Waals surface area contributed by atoms with Crippen molar-refractivity contribution in [1.29, 1.82) is 0 Å². The van der Waals surface area contributed by atoms with E-state index in [-0.39, 0.29) is 29.5 Å². The van der Waals surface area contributed by atoms with E-state index in [1.54, 1.807) is 12.1 Å². The van der Waals surface area contributed by atoms with Gasteiger partial charge in [0.1, 0.15) is 22.9 Å². The maximum absolute atomic E-state index is 13.0. The Labute approximate surface area is 150 Å². The van der Waals surface area contributed by atoms with Crippen LogP contribution in [0.5, 0.6) is 5.75 Å². The normalized spacial score (nSPS) is 11.3. The lowest BCUT2D eigenvalue weighted by molar-refractivity contribution is 0.0993. The van der Waals surface area contributed by atoms with Crippen molar-refractivity contribution in [1.82, 2.24) is 9.78 Å². The molecular formula is C17H13F4N3O3. The van der Waals surface area contributed by atoms with Crippen LogP contribution in [0.25, 0.3) is 0 Å². The largest absolute Gasteiger partial charge is 0.506 e. The van der Waals surface area contributed by atoms with Gasteiger partial charge in [0.2, 0.25) is 0 Å². The van der Waals surface area contributed by atoms with Crippen LogP contribution < -0.4 is 5.32 Å². The Balaban J connectivity index is 1.76. The quantitative estimate of drug-likeness (QED) is 0.490. The second-order valence-electron chi connectivity index (χ2n) is 5.49. The van der Waals surface area contributed by atoms with E-state index < -0.39 is 30.1 Å². The highest BCUT2D eigenvalue weighted by Crippen LogP contribution is 2.26. The first-order valence-corrected chi connectivity index (χ1v) is 7.67. The number of nitrogens with one attached hydrogen (secondary N) is 1. The maximum atomic E-state index is 13.0. The topological polar surface area (TPSA) is 80.3 Å². The molecule has 0 aliphatic heterocycles. The molecule has 142 valence electrons. The summed E-state index contributed by atoms with van der Waals surface area (Å²) in [7, 11) is 0. The SMILES string of the molecule is O=C(Nc1ccccc1O)c1ccc(Cn2nc(C(F)F)cc2C(F)F)o1. The van der Waals surface area contributed by atoms with Gasteiger partial charge in [0, 0.05) is 0 Å². The van der Waals surface area contributed by atoms with Gasteiger partial charge in [-0.3, -0.25) is 9.48 Å². The highest BCUT2D eigenvalue weighted by atomic mass is 19.3. The van der Waals surface area contributed by atoms with Crippen LogP contribution >= 0.6 is 0 Å². The molecule has 0 bridgehead atoms. The van der Waals surface area contributed by atoms with E-state index in [2.05, 4.69) is 10.4 Å². The van der Waals surface area contributed by atoms with Gasteiger partial charge in [-0.2, -0.15) is 5.10 Å². The van der Waals surface area contributed by atoms with Crippen molar-refractivity contribution in [3.63, 3.8) is 0 Å². The summed E-state index contributed by atoms with van der Waals surface area (Å²) in [5, 5.41) is 15.5. The Morgan fingerprint density at radius 3 is 2.56 bits per heavy atom. The Morgan fingerprint density at radius 2 is 1.89 bits per heavy atom. The molecule has 2 N–H and O–H groups in total. The van der Waals surface area contributed by atoms with Crippen LogP contribution in [0.3, 0.4) is 0 Å². The fraction of sp³-hybridized carbons (Fsp3) is 0.176. The lowest BCUT2D eigenvalue weighted by atomic mass is 10.3. The zero-order valence-electron chi connectivity index (χ0n) is 13.6. The number of rotatable bonds is 6. The van der Waals surface area contributed by atoms with Crippen molar-refractivity contribution in [3.8, 4) is 5.75 Å². The summed E-state index contributed by atoms with van der Waals surface area (Å²) in [6.45, 7) is -0.351. The minimum atomic E-state index is -3.00. The molecule has 6 nitrogen and oxygen atoms in total. The zero-order valence-corrected chi connectivity index (χ0v) is 13.6. The minimum Gasteiger partial charge on any atom is -0.506 e.